The van der Waals surface area contributed by atoms with Crippen molar-refractivity contribution in [2.24, 2.45) is 0 Å². The average molecular weight is 456 g/mol. The van der Waals surface area contributed by atoms with Gasteiger partial charge in [0.05, 0.1) is 34.9 Å². The summed E-state index contributed by atoms with van der Waals surface area (Å²) in [7, 11) is 6.11. The number of ether oxygens (including phenoxy) is 6. The van der Waals surface area contributed by atoms with Crippen molar-refractivity contribution in [2.45, 2.75) is 32.5 Å². The van der Waals surface area contributed by atoms with Crippen LogP contribution in [0.15, 0.2) is 36.4 Å². The maximum absolute atomic E-state index is 11.8. The third-order valence-corrected chi connectivity index (χ3v) is 4.60. The minimum Gasteiger partial charge on any atom is -0.493 e. The van der Waals surface area contributed by atoms with Crippen molar-refractivity contribution >= 4 is 11.9 Å². The van der Waals surface area contributed by atoms with Gasteiger partial charge in [-0.2, -0.15) is 0 Å². The highest BCUT2D eigenvalue weighted by Gasteiger charge is 2.29. The van der Waals surface area contributed by atoms with Crippen LogP contribution in [0.2, 0.25) is 0 Å². The van der Waals surface area contributed by atoms with Gasteiger partial charge in [-0.05, 0) is 30.3 Å². The summed E-state index contributed by atoms with van der Waals surface area (Å²) in [6, 6.07) is 10.3. The van der Waals surface area contributed by atoms with Gasteiger partial charge in [-0.25, -0.2) is 0 Å². The van der Waals surface area contributed by atoms with Crippen molar-refractivity contribution in [3.63, 3.8) is 0 Å². The Morgan fingerprint density at radius 2 is 1.30 bits per heavy atom. The molecule has 0 aliphatic rings. The molecule has 0 radical (unpaired) electrons. The number of carbonyl (C=O) groups excluding carboxylic acids is 2. The third-order valence-electron chi connectivity index (χ3n) is 4.60. The van der Waals surface area contributed by atoms with E-state index < -0.39 is 24.1 Å². The molecule has 0 N–H and O–H groups in total. The van der Waals surface area contributed by atoms with Crippen molar-refractivity contribution in [1.29, 1.82) is 0 Å². The number of hydrogen-bond acceptors (Lipinski definition) is 8. The summed E-state index contributed by atoms with van der Waals surface area (Å²) >= 11 is 0. The lowest BCUT2D eigenvalue weighted by Gasteiger charge is -2.26. The second-order valence-electron chi connectivity index (χ2n) is 6.87. The monoisotopic (exact) mass is 456 g/mol. The number of carbonyl (C=O) groups is 2. The Balaban J connectivity index is 2.38. The van der Waals surface area contributed by atoms with Crippen LogP contribution in [-0.2, 0) is 19.1 Å². The molecule has 0 aromatic heterocycles. The Morgan fingerprint density at radius 1 is 0.758 bits per heavy atom. The average Bonchev–Trinajstić information content (AvgIpc) is 2.80. The Morgan fingerprint density at radius 3 is 1.85 bits per heavy atom. The van der Waals surface area contributed by atoms with Crippen LogP contribution < -0.4 is 18.9 Å². The van der Waals surface area contributed by atoms with Crippen molar-refractivity contribution in [3.05, 3.63) is 47.5 Å². The molecule has 0 spiro atoms. The van der Waals surface area contributed by atoms with Crippen LogP contribution in [0.25, 0.3) is 0 Å². The van der Waals surface area contributed by atoms with Gasteiger partial charge in [-0.3, -0.25) is 9.59 Å². The van der Waals surface area contributed by atoms with Crippen LogP contribution in [0.5, 0.6) is 23.0 Å². The normalized spacial score (nSPS) is 11.8. The quantitative estimate of drug-likeness (QED) is 0.417. The van der Waals surface area contributed by atoms with Crippen molar-refractivity contribution in [2.75, 3.05) is 28.4 Å². The van der Waals surface area contributed by atoms with E-state index in [0.717, 1.165) is 0 Å². The zero-order valence-corrected chi connectivity index (χ0v) is 19.6. The molecule has 8 heteroatoms. The number of rotatable bonds is 9. The Hall–Kier alpha value is -3.86. The van der Waals surface area contributed by atoms with Crippen LogP contribution in [0.3, 0.4) is 0 Å². The van der Waals surface area contributed by atoms with Crippen molar-refractivity contribution in [3.8, 4) is 34.8 Å². The highest BCUT2D eigenvalue weighted by atomic mass is 16.6. The van der Waals surface area contributed by atoms with Crippen LogP contribution in [0.1, 0.15) is 37.5 Å². The molecule has 2 aromatic rings. The summed E-state index contributed by atoms with van der Waals surface area (Å²) in [6.07, 6.45) is -1.64. The molecule has 33 heavy (non-hydrogen) atoms. The summed E-state index contributed by atoms with van der Waals surface area (Å²) in [5, 5.41) is 0. The molecule has 0 saturated heterocycles. The Kier molecular flexibility index (Phi) is 9.43. The molecule has 0 saturated carbocycles. The van der Waals surface area contributed by atoms with Crippen molar-refractivity contribution < 1.29 is 38.0 Å². The van der Waals surface area contributed by atoms with E-state index >= 15 is 0 Å². The van der Waals surface area contributed by atoms with Gasteiger partial charge >= 0.3 is 11.9 Å². The molecular weight excluding hydrogens is 428 g/mol. The zero-order valence-electron chi connectivity index (χ0n) is 19.6. The first-order valence-corrected chi connectivity index (χ1v) is 10.1. The molecule has 176 valence electrons. The van der Waals surface area contributed by atoms with Gasteiger partial charge < -0.3 is 28.4 Å². The molecule has 2 unspecified atom stereocenters. The van der Waals surface area contributed by atoms with Gasteiger partial charge in [0, 0.05) is 25.0 Å². The van der Waals surface area contributed by atoms with E-state index in [-0.39, 0.29) is 6.42 Å². The summed E-state index contributed by atoms with van der Waals surface area (Å²) in [4.78, 5) is 23.6. The molecule has 0 fully saturated rings. The standard InChI is InChI=1S/C25H28O8/c1-16(26)32-22(9-7-8-18-10-12-20(28-3)23(14-18)30-5)25(33-17(2)27)19-11-13-21(29-4)24(15-19)31-6/h10-15,22,25H,9H2,1-6H3. The fraction of sp³-hybridized carbons (Fsp3) is 0.360. The van der Waals surface area contributed by atoms with E-state index in [2.05, 4.69) is 11.8 Å². The lowest BCUT2D eigenvalue weighted by atomic mass is 10.0. The number of esters is 2. The summed E-state index contributed by atoms with van der Waals surface area (Å²) < 4.78 is 32.2. The molecule has 2 aromatic carbocycles. The summed E-state index contributed by atoms with van der Waals surface area (Å²) in [5.74, 6) is 7.06. The maximum atomic E-state index is 11.8. The molecule has 0 bridgehead atoms. The maximum Gasteiger partial charge on any atom is 0.303 e. The van der Waals surface area contributed by atoms with Gasteiger partial charge in [0.25, 0.3) is 0 Å². The van der Waals surface area contributed by atoms with Crippen molar-refractivity contribution in [1.82, 2.24) is 0 Å². The van der Waals surface area contributed by atoms with E-state index in [1.54, 1.807) is 50.6 Å². The van der Waals surface area contributed by atoms with Gasteiger partial charge in [-0.1, -0.05) is 17.9 Å². The van der Waals surface area contributed by atoms with Gasteiger partial charge in [0.15, 0.2) is 35.2 Å². The first-order chi connectivity index (χ1) is 15.8. The topological polar surface area (TPSA) is 89.5 Å². The highest BCUT2D eigenvalue weighted by molar-refractivity contribution is 5.67. The molecule has 2 rings (SSSR count). The molecular formula is C25H28O8. The molecule has 0 aliphatic heterocycles. The van der Waals surface area contributed by atoms with E-state index in [1.165, 1.54) is 28.1 Å². The minimum absolute atomic E-state index is 0.111. The number of benzene rings is 2. The second kappa shape index (κ2) is 12.2. The first kappa shape index (κ1) is 25.4. The third kappa shape index (κ3) is 7.07. The SMILES string of the molecule is COc1ccc(C#CCC(OC(C)=O)C(OC(C)=O)c2ccc(OC)c(OC)c2)cc1OC. The van der Waals surface area contributed by atoms with Crippen LogP contribution >= 0.6 is 0 Å². The second-order valence-corrected chi connectivity index (χ2v) is 6.87. The fourth-order valence-corrected chi connectivity index (χ4v) is 3.16. The molecule has 8 nitrogen and oxygen atoms in total. The predicted octanol–water partition coefficient (Wildman–Crippen LogP) is 3.70. The molecule has 0 heterocycles. The zero-order chi connectivity index (χ0) is 24.4. The predicted molar refractivity (Wildman–Crippen MR) is 121 cm³/mol. The molecule has 2 atom stereocenters. The van der Waals surface area contributed by atoms with Gasteiger partial charge in [-0.15, -0.1) is 0 Å². The smallest absolute Gasteiger partial charge is 0.303 e. The first-order valence-electron chi connectivity index (χ1n) is 10.1. The summed E-state index contributed by atoms with van der Waals surface area (Å²) in [5.41, 5.74) is 1.26. The fourth-order valence-electron chi connectivity index (χ4n) is 3.16. The van der Waals surface area contributed by atoms with Crippen LogP contribution in [0, 0.1) is 11.8 Å². The summed E-state index contributed by atoms with van der Waals surface area (Å²) in [6.45, 7) is 2.57. The molecule has 0 aliphatic carbocycles. The minimum atomic E-state index is -0.897. The van der Waals surface area contributed by atoms with Gasteiger partial charge in [0.1, 0.15) is 0 Å². The Bertz CT molecular complexity index is 1030. The van der Waals surface area contributed by atoms with E-state index in [1.807, 2.05) is 0 Å². The lowest BCUT2D eigenvalue weighted by Crippen LogP contribution is -2.28. The number of hydrogen-bond donors (Lipinski definition) is 0. The van der Waals surface area contributed by atoms with Gasteiger partial charge in [0.2, 0.25) is 0 Å². The lowest BCUT2D eigenvalue weighted by molar-refractivity contribution is -0.165. The van der Waals surface area contributed by atoms with Crippen LogP contribution in [0.4, 0.5) is 0 Å². The van der Waals surface area contributed by atoms with Crippen LogP contribution in [-0.4, -0.2) is 46.5 Å². The molecule has 0 amide bonds. The van der Waals surface area contributed by atoms with E-state index in [4.69, 9.17) is 28.4 Å². The van der Waals surface area contributed by atoms with E-state index in [0.29, 0.717) is 34.1 Å². The number of methoxy groups -OCH3 is 4. The van der Waals surface area contributed by atoms with E-state index in [9.17, 15) is 9.59 Å². The highest BCUT2D eigenvalue weighted by Crippen LogP contribution is 2.34. The largest absolute Gasteiger partial charge is 0.493 e. The Labute approximate surface area is 193 Å².